The molecule has 0 amide bonds. The number of rotatable bonds is 6. The molecule has 0 aliphatic carbocycles. The van der Waals surface area contributed by atoms with Crippen molar-refractivity contribution in [3.05, 3.63) is 65.2 Å². The van der Waals surface area contributed by atoms with E-state index in [2.05, 4.69) is 30.4 Å². The van der Waals surface area contributed by atoms with Crippen LogP contribution in [0.1, 0.15) is 36.1 Å². The lowest BCUT2D eigenvalue weighted by Gasteiger charge is -2.15. The fourth-order valence-corrected chi connectivity index (χ4v) is 2.32. The van der Waals surface area contributed by atoms with E-state index in [4.69, 9.17) is 10.00 Å². The lowest BCUT2D eigenvalue weighted by molar-refractivity contribution is 0.305. The Hall–Kier alpha value is -2.31. The highest BCUT2D eigenvalue weighted by molar-refractivity contribution is 5.37. The highest BCUT2D eigenvalue weighted by atomic mass is 16.5. The Kier molecular flexibility index (Phi) is 5.36. The molecule has 0 saturated carbocycles. The molecule has 108 valence electrons. The summed E-state index contributed by atoms with van der Waals surface area (Å²) in [6.45, 7) is 2.57. The van der Waals surface area contributed by atoms with Crippen LogP contribution in [0.25, 0.3) is 0 Å². The molecule has 0 radical (unpaired) electrons. The molecular formula is C18H20N2O. The van der Waals surface area contributed by atoms with Gasteiger partial charge in [-0.05, 0) is 37.2 Å². The lowest BCUT2D eigenvalue weighted by atomic mass is 10.0. The third kappa shape index (κ3) is 3.84. The van der Waals surface area contributed by atoms with Gasteiger partial charge in [0, 0.05) is 11.6 Å². The Bertz CT molecular complexity index is 610. The monoisotopic (exact) mass is 280 g/mol. The van der Waals surface area contributed by atoms with E-state index in [0.29, 0.717) is 18.2 Å². The van der Waals surface area contributed by atoms with Crippen molar-refractivity contribution in [2.45, 2.75) is 26.0 Å². The largest absolute Gasteiger partial charge is 0.489 e. The number of nitrogens with one attached hydrogen (secondary N) is 1. The van der Waals surface area contributed by atoms with E-state index in [9.17, 15) is 0 Å². The Morgan fingerprint density at radius 2 is 1.86 bits per heavy atom. The molecule has 0 heterocycles. The first-order chi connectivity index (χ1) is 10.3. The van der Waals surface area contributed by atoms with Gasteiger partial charge < -0.3 is 10.1 Å². The van der Waals surface area contributed by atoms with E-state index in [1.54, 1.807) is 6.07 Å². The SMILES string of the molecule is CCC(NC)c1ccc(OCc2ccccc2C#N)cc1. The minimum Gasteiger partial charge on any atom is -0.489 e. The van der Waals surface area contributed by atoms with Crippen molar-refractivity contribution >= 4 is 0 Å². The summed E-state index contributed by atoms with van der Waals surface area (Å²) in [5, 5.41) is 12.3. The van der Waals surface area contributed by atoms with E-state index in [0.717, 1.165) is 17.7 Å². The third-order valence-electron chi connectivity index (χ3n) is 3.57. The number of hydrogen-bond donors (Lipinski definition) is 1. The molecule has 0 aliphatic heterocycles. The molecule has 1 N–H and O–H groups in total. The minimum absolute atomic E-state index is 0.373. The molecule has 0 aliphatic rings. The van der Waals surface area contributed by atoms with Gasteiger partial charge in [-0.3, -0.25) is 0 Å². The summed E-state index contributed by atoms with van der Waals surface area (Å²) in [4.78, 5) is 0. The van der Waals surface area contributed by atoms with Gasteiger partial charge in [0.1, 0.15) is 12.4 Å². The summed E-state index contributed by atoms with van der Waals surface area (Å²) >= 11 is 0. The third-order valence-corrected chi connectivity index (χ3v) is 3.57. The molecule has 0 aromatic heterocycles. The van der Waals surface area contributed by atoms with Crippen molar-refractivity contribution in [3.63, 3.8) is 0 Å². The van der Waals surface area contributed by atoms with Crippen LogP contribution >= 0.6 is 0 Å². The van der Waals surface area contributed by atoms with Gasteiger partial charge in [-0.15, -0.1) is 0 Å². The first kappa shape index (κ1) is 15.1. The zero-order chi connectivity index (χ0) is 15.1. The van der Waals surface area contributed by atoms with E-state index in [1.807, 2.05) is 37.4 Å². The van der Waals surface area contributed by atoms with Gasteiger partial charge in [0.15, 0.2) is 0 Å². The van der Waals surface area contributed by atoms with Crippen LogP contribution in [0.2, 0.25) is 0 Å². The summed E-state index contributed by atoms with van der Waals surface area (Å²) < 4.78 is 5.77. The Labute approximate surface area is 126 Å². The summed E-state index contributed by atoms with van der Waals surface area (Å²) in [6, 6.07) is 18.2. The minimum atomic E-state index is 0.373. The van der Waals surface area contributed by atoms with Crippen molar-refractivity contribution in [2.24, 2.45) is 0 Å². The van der Waals surface area contributed by atoms with E-state index < -0.39 is 0 Å². The van der Waals surface area contributed by atoms with Crippen LogP contribution in [0.15, 0.2) is 48.5 Å². The summed E-state index contributed by atoms with van der Waals surface area (Å²) in [5.41, 5.74) is 2.82. The van der Waals surface area contributed by atoms with Crippen LogP contribution in [0, 0.1) is 11.3 Å². The number of ether oxygens (including phenoxy) is 1. The topological polar surface area (TPSA) is 45.0 Å². The second-order valence-electron chi connectivity index (χ2n) is 4.88. The molecule has 2 rings (SSSR count). The maximum absolute atomic E-state index is 9.05. The number of nitrogens with zero attached hydrogens (tertiary/aromatic N) is 1. The fourth-order valence-electron chi connectivity index (χ4n) is 2.32. The molecular weight excluding hydrogens is 260 g/mol. The van der Waals surface area contributed by atoms with Crippen LogP contribution in [0.4, 0.5) is 0 Å². The number of hydrogen-bond acceptors (Lipinski definition) is 3. The van der Waals surface area contributed by atoms with Gasteiger partial charge in [-0.25, -0.2) is 0 Å². The lowest BCUT2D eigenvalue weighted by Crippen LogP contribution is -2.14. The van der Waals surface area contributed by atoms with Gasteiger partial charge in [0.25, 0.3) is 0 Å². The molecule has 0 bridgehead atoms. The van der Waals surface area contributed by atoms with Gasteiger partial charge in [0.2, 0.25) is 0 Å². The van der Waals surface area contributed by atoms with E-state index >= 15 is 0 Å². The van der Waals surface area contributed by atoms with Crippen molar-refractivity contribution in [1.82, 2.24) is 5.32 Å². The molecule has 1 atom stereocenters. The maximum Gasteiger partial charge on any atom is 0.119 e. The van der Waals surface area contributed by atoms with Crippen molar-refractivity contribution < 1.29 is 4.74 Å². The van der Waals surface area contributed by atoms with Crippen molar-refractivity contribution in [1.29, 1.82) is 5.26 Å². The van der Waals surface area contributed by atoms with Gasteiger partial charge in [0.05, 0.1) is 11.6 Å². The summed E-state index contributed by atoms with van der Waals surface area (Å²) in [7, 11) is 1.97. The van der Waals surface area contributed by atoms with Crippen LogP contribution in [-0.2, 0) is 6.61 Å². The smallest absolute Gasteiger partial charge is 0.119 e. The average Bonchev–Trinajstić information content (AvgIpc) is 2.55. The number of benzene rings is 2. The van der Waals surface area contributed by atoms with Crippen LogP contribution < -0.4 is 10.1 Å². The average molecular weight is 280 g/mol. The first-order valence-corrected chi connectivity index (χ1v) is 7.16. The normalized spacial score (nSPS) is 11.7. The summed E-state index contributed by atoms with van der Waals surface area (Å²) in [6.07, 6.45) is 1.05. The zero-order valence-electron chi connectivity index (χ0n) is 12.5. The standard InChI is InChI=1S/C18H20N2O/c1-3-18(20-2)14-8-10-17(11-9-14)21-13-16-7-5-4-6-15(16)12-19/h4-11,18,20H,3,13H2,1-2H3. The molecule has 2 aromatic rings. The van der Waals surface area contributed by atoms with E-state index in [1.165, 1.54) is 5.56 Å². The van der Waals surface area contributed by atoms with Crippen molar-refractivity contribution in [3.8, 4) is 11.8 Å². The van der Waals surface area contributed by atoms with E-state index in [-0.39, 0.29) is 0 Å². The zero-order valence-corrected chi connectivity index (χ0v) is 12.5. The molecule has 21 heavy (non-hydrogen) atoms. The van der Waals surface area contributed by atoms with Gasteiger partial charge in [-0.1, -0.05) is 37.3 Å². The molecule has 1 unspecified atom stereocenters. The molecule has 3 nitrogen and oxygen atoms in total. The highest BCUT2D eigenvalue weighted by Gasteiger charge is 2.06. The molecule has 0 spiro atoms. The fraction of sp³-hybridized carbons (Fsp3) is 0.278. The predicted octanol–water partition coefficient (Wildman–Crippen LogP) is 3.81. The molecule has 0 fully saturated rings. The summed E-state index contributed by atoms with van der Waals surface area (Å²) in [5.74, 6) is 0.817. The highest BCUT2D eigenvalue weighted by Crippen LogP contribution is 2.21. The van der Waals surface area contributed by atoms with Crippen LogP contribution in [0.5, 0.6) is 5.75 Å². The Balaban J connectivity index is 2.03. The molecule has 0 saturated heterocycles. The Morgan fingerprint density at radius 3 is 2.48 bits per heavy atom. The molecule has 2 aromatic carbocycles. The van der Waals surface area contributed by atoms with Crippen LogP contribution in [0.3, 0.4) is 0 Å². The predicted molar refractivity (Wildman–Crippen MR) is 84.0 cm³/mol. The second kappa shape index (κ2) is 7.47. The van der Waals surface area contributed by atoms with Crippen LogP contribution in [-0.4, -0.2) is 7.05 Å². The molecule has 3 heteroatoms. The van der Waals surface area contributed by atoms with Crippen molar-refractivity contribution in [2.75, 3.05) is 7.05 Å². The first-order valence-electron chi connectivity index (χ1n) is 7.16. The Morgan fingerprint density at radius 1 is 1.14 bits per heavy atom. The number of nitriles is 1. The quantitative estimate of drug-likeness (QED) is 0.875. The second-order valence-corrected chi connectivity index (χ2v) is 4.88. The van der Waals surface area contributed by atoms with Gasteiger partial charge in [-0.2, -0.15) is 5.26 Å². The maximum atomic E-state index is 9.05. The van der Waals surface area contributed by atoms with Gasteiger partial charge >= 0.3 is 0 Å².